The first kappa shape index (κ1) is 29.5. The molecule has 0 amide bonds. The number of methoxy groups -OCH3 is 1. The van der Waals surface area contributed by atoms with E-state index in [-0.39, 0.29) is 10.4 Å². The van der Waals surface area contributed by atoms with Gasteiger partial charge in [0.2, 0.25) is 0 Å². The van der Waals surface area contributed by atoms with Crippen molar-refractivity contribution in [1.29, 1.82) is 0 Å². The number of rotatable bonds is 9. The lowest BCUT2D eigenvalue weighted by atomic mass is 10.2. The highest BCUT2D eigenvalue weighted by atomic mass is 32.2. The van der Waals surface area contributed by atoms with Crippen molar-refractivity contribution in [2.24, 2.45) is 0 Å². The number of anilines is 3. The van der Waals surface area contributed by atoms with Gasteiger partial charge in [-0.05, 0) is 19.9 Å². The molecule has 0 bridgehead atoms. The molecule has 1 aliphatic heterocycles. The number of piperazine rings is 1. The SMILES string of the molecule is COC(=O)c1cnc(N2CCN(CCOc3cc4ncnc(Nc5n[nH]c(C)c5C)c4cc3SC(C)(C)C)CC2)cn1. The largest absolute Gasteiger partial charge is 0.491 e. The number of hydrogen-bond acceptors (Lipinski definition) is 12. The van der Waals surface area contributed by atoms with E-state index in [0.717, 1.165) is 77.2 Å². The number of thioether (sulfide) groups is 1. The van der Waals surface area contributed by atoms with Crippen molar-refractivity contribution in [2.45, 2.75) is 44.3 Å². The number of nitrogens with one attached hydrogen (secondary N) is 2. The van der Waals surface area contributed by atoms with Crippen LogP contribution in [-0.4, -0.2) is 92.2 Å². The Bertz CT molecular complexity index is 1540. The Labute approximate surface area is 249 Å². The number of aromatic amines is 1. The average Bonchev–Trinajstić information content (AvgIpc) is 3.29. The van der Waals surface area contributed by atoms with Crippen LogP contribution in [0.4, 0.5) is 17.5 Å². The van der Waals surface area contributed by atoms with Crippen molar-refractivity contribution < 1.29 is 14.3 Å². The number of aryl methyl sites for hydroxylation is 1. The van der Waals surface area contributed by atoms with Gasteiger partial charge >= 0.3 is 5.97 Å². The smallest absolute Gasteiger partial charge is 0.358 e. The zero-order chi connectivity index (χ0) is 29.9. The van der Waals surface area contributed by atoms with Crippen LogP contribution in [0.15, 0.2) is 35.7 Å². The van der Waals surface area contributed by atoms with Gasteiger partial charge in [-0.25, -0.2) is 24.7 Å². The molecule has 1 aromatic carbocycles. The molecule has 13 heteroatoms. The molecule has 42 heavy (non-hydrogen) atoms. The van der Waals surface area contributed by atoms with Crippen LogP contribution >= 0.6 is 11.8 Å². The molecule has 222 valence electrons. The molecular formula is C29H37N9O3S. The standard InChI is InChI=1S/C29H37N9O3S/c1-18-19(2)35-36-26(18)34-27-20-13-24(42-29(3,4)5)23(14-21(20)32-17-33-27)41-12-11-37-7-9-38(10-8-37)25-16-30-22(15-31-25)28(39)40-6/h13-17H,7-12H2,1-6H3,(H2,32,33,34,35,36). The Morgan fingerprint density at radius 3 is 2.48 bits per heavy atom. The van der Waals surface area contributed by atoms with Gasteiger partial charge < -0.3 is 19.7 Å². The first-order valence-corrected chi connectivity index (χ1v) is 14.7. The minimum absolute atomic E-state index is 0.0147. The molecule has 12 nitrogen and oxygen atoms in total. The molecule has 3 aromatic heterocycles. The summed E-state index contributed by atoms with van der Waals surface area (Å²) in [4.78, 5) is 34.9. The van der Waals surface area contributed by atoms with Crippen LogP contribution in [0.25, 0.3) is 10.9 Å². The highest BCUT2D eigenvalue weighted by molar-refractivity contribution is 8.00. The van der Waals surface area contributed by atoms with Crippen LogP contribution in [-0.2, 0) is 4.74 Å². The average molecular weight is 592 g/mol. The summed E-state index contributed by atoms with van der Waals surface area (Å²) in [5.74, 6) is 2.55. The molecule has 0 atom stereocenters. The molecule has 1 saturated heterocycles. The molecular weight excluding hydrogens is 554 g/mol. The van der Waals surface area contributed by atoms with Gasteiger partial charge in [-0.2, -0.15) is 5.10 Å². The number of H-pyrrole nitrogens is 1. The minimum Gasteiger partial charge on any atom is -0.491 e. The predicted octanol–water partition coefficient (Wildman–Crippen LogP) is 4.38. The van der Waals surface area contributed by atoms with Gasteiger partial charge in [0.05, 0.1) is 29.9 Å². The van der Waals surface area contributed by atoms with Crippen molar-refractivity contribution in [1.82, 2.24) is 35.0 Å². The lowest BCUT2D eigenvalue weighted by Crippen LogP contribution is -2.47. The summed E-state index contributed by atoms with van der Waals surface area (Å²) in [6, 6.07) is 4.12. The second-order valence-electron chi connectivity index (χ2n) is 11.1. The number of ether oxygens (including phenoxy) is 2. The van der Waals surface area contributed by atoms with Crippen molar-refractivity contribution >= 4 is 46.1 Å². The van der Waals surface area contributed by atoms with Gasteiger partial charge in [0.25, 0.3) is 0 Å². The number of benzene rings is 1. The number of carbonyl (C=O) groups is 1. The van der Waals surface area contributed by atoms with Crippen molar-refractivity contribution in [3.8, 4) is 5.75 Å². The number of hydrogen-bond donors (Lipinski definition) is 2. The third-order valence-electron chi connectivity index (χ3n) is 7.00. The first-order chi connectivity index (χ1) is 20.1. The Hall–Kier alpha value is -3.97. The molecule has 0 saturated carbocycles. The number of fused-ring (bicyclic) bond motifs is 1. The summed E-state index contributed by atoms with van der Waals surface area (Å²) in [6.45, 7) is 15.3. The van der Waals surface area contributed by atoms with Gasteiger partial charge in [-0.3, -0.25) is 10.00 Å². The summed E-state index contributed by atoms with van der Waals surface area (Å²) in [6.07, 6.45) is 4.65. The Morgan fingerprint density at radius 2 is 1.83 bits per heavy atom. The van der Waals surface area contributed by atoms with Crippen LogP contribution < -0.4 is 15.0 Å². The monoisotopic (exact) mass is 591 g/mol. The van der Waals surface area contributed by atoms with Gasteiger partial charge in [0.1, 0.15) is 30.3 Å². The number of carbonyl (C=O) groups excluding carboxylic acids is 1. The third-order valence-corrected chi connectivity index (χ3v) is 8.15. The molecule has 0 radical (unpaired) electrons. The normalized spacial score (nSPS) is 14.3. The molecule has 4 heterocycles. The van der Waals surface area contributed by atoms with Crippen molar-refractivity contribution in [3.63, 3.8) is 0 Å². The van der Waals surface area contributed by atoms with E-state index in [1.807, 2.05) is 19.9 Å². The number of esters is 1. The van der Waals surface area contributed by atoms with E-state index in [4.69, 9.17) is 9.47 Å². The highest BCUT2D eigenvalue weighted by Crippen LogP contribution is 2.41. The van der Waals surface area contributed by atoms with E-state index in [1.54, 1.807) is 24.3 Å². The summed E-state index contributed by atoms with van der Waals surface area (Å²) >= 11 is 1.76. The second-order valence-corrected chi connectivity index (χ2v) is 13.0. The summed E-state index contributed by atoms with van der Waals surface area (Å²) in [5.41, 5.74) is 3.08. The van der Waals surface area contributed by atoms with Crippen LogP contribution in [0.5, 0.6) is 5.75 Å². The summed E-state index contributed by atoms with van der Waals surface area (Å²) in [5, 5.41) is 11.7. The highest BCUT2D eigenvalue weighted by Gasteiger charge is 2.21. The fraction of sp³-hybridized carbons (Fsp3) is 0.448. The van der Waals surface area contributed by atoms with Crippen LogP contribution in [0, 0.1) is 13.8 Å². The summed E-state index contributed by atoms with van der Waals surface area (Å²) in [7, 11) is 1.33. The van der Waals surface area contributed by atoms with Gasteiger partial charge in [0.15, 0.2) is 11.5 Å². The van der Waals surface area contributed by atoms with E-state index in [9.17, 15) is 4.79 Å². The molecule has 0 aliphatic carbocycles. The van der Waals surface area contributed by atoms with E-state index < -0.39 is 5.97 Å². The maximum absolute atomic E-state index is 11.6. The van der Waals surface area contributed by atoms with E-state index in [1.165, 1.54) is 13.3 Å². The van der Waals surface area contributed by atoms with Crippen molar-refractivity contribution in [3.05, 3.63) is 47.8 Å². The Balaban J connectivity index is 1.24. The molecule has 1 fully saturated rings. The van der Waals surface area contributed by atoms with Crippen LogP contribution in [0.2, 0.25) is 0 Å². The molecule has 0 spiro atoms. The molecule has 2 N–H and O–H groups in total. The fourth-order valence-corrected chi connectivity index (χ4v) is 5.64. The van der Waals surface area contributed by atoms with Gasteiger partial charge in [-0.15, -0.1) is 11.8 Å². The quantitative estimate of drug-likeness (QED) is 0.211. The zero-order valence-electron chi connectivity index (χ0n) is 24.9. The van der Waals surface area contributed by atoms with E-state index >= 15 is 0 Å². The van der Waals surface area contributed by atoms with Gasteiger partial charge in [-0.1, -0.05) is 20.8 Å². The fourth-order valence-electron chi connectivity index (χ4n) is 4.58. The minimum atomic E-state index is -0.488. The topological polar surface area (TPSA) is 134 Å². The van der Waals surface area contributed by atoms with E-state index in [2.05, 4.69) is 72.1 Å². The van der Waals surface area contributed by atoms with Gasteiger partial charge in [0, 0.05) is 60.2 Å². The second kappa shape index (κ2) is 12.5. The number of nitrogens with zero attached hydrogens (tertiary/aromatic N) is 7. The third kappa shape index (κ3) is 6.90. The van der Waals surface area contributed by atoms with E-state index in [0.29, 0.717) is 12.4 Å². The molecule has 1 aliphatic rings. The maximum Gasteiger partial charge on any atom is 0.358 e. The molecule has 0 unspecified atom stereocenters. The molecule has 4 aromatic rings. The van der Waals surface area contributed by atoms with Crippen LogP contribution in [0.3, 0.4) is 0 Å². The predicted molar refractivity (Wildman–Crippen MR) is 164 cm³/mol. The number of aromatic nitrogens is 6. The zero-order valence-corrected chi connectivity index (χ0v) is 25.7. The lowest BCUT2D eigenvalue weighted by molar-refractivity contribution is 0.0593. The molecule has 5 rings (SSSR count). The Kier molecular flexibility index (Phi) is 8.78. The first-order valence-electron chi connectivity index (χ1n) is 13.9. The Morgan fingerprint density at radius 1 is 1.05 bits per heavy atom. The maximum atomic E-state index is 11.6. The summed E-state index contributed by atoms with van der Waals surface area (Å²) < 4.78 is 11.1. The lowest BCUT2D eigenvalue weighted by Gasteiger charge is -2.35. The van der Waals surface area contributed by atoms with Crippen LogP contribution in [0.1, 0.15) is 42.5 Å². The van der Waals surface area contributed by atoms with Crippen molar-refractivity contribution in [2.75, 3.05) is 56.7 Å².